The smallest absolute Gasteiger partial charge is 0.414 e. The zero-order valence-electron chi connectivity index (χ0n) is 19.0. The Morgan fingerprint density at radius 1 is 0.946 bits per heavy atom. The first-order valence-electron chi connectivity index (χ1n) is 11.1. The molecule has 0 spiro atoms. The van der Waals surface area contributed by atoms with Crippen LogP contribution in [0.2, 0.25) is 0 Å². The van der Waals surface area contributed by atoms with E-state index in [0.29, 0.717) is 6.08 Å². The Morgan fingerprint density at radius 3 is 2.19 bits per heavy atom. The second-order valence-electron chi connectivity index (χ2n) is 8.35. The largest absolute Gasteiger partial charge is 0.442 e. The fourth-order valence-corrected chi connectivity index (χ4v) is 5.17. The van der Waals surface area contributed by atoms with Crippen molar-refractivity contribution < 1.29 is 36.3 Å². The number of hydrogen-bond acceptors (Lipinski definition) is 6. The molecule has 3 amide bonds. The van der Waals surface area contributed by atoms with Crippen LogP contribution in [-0.2, 0) is 14.6 Å². The highest BCUT2D eigenvalue weighted by Crippen LogP contribution is 2.29. The number of carbonyl (C=O) groups excluding carboxylic acids is 3. The van der Waals surface area contributed by atoms with Gasteiger partial charge in [0.25, 0.3) is 11.8 Å². The van der Waals surface area contributed by atoms with Gasteiger partial charge >= 0.3 is 6.09 Å². The first-order valence-corrected chi connectivity index (χ1v) is 12.6. The van der Waals surface area contributed by atoms with E-state index >= 15 is 0 Å². The fraction of sp³-hybridized carbons (Fsp3) is 0.115. The Hall–Kier alpha value is -4.38. The Balaban J connectivity index is 1.31. The van der Waals surface area contributed by atoms with E-state index in [1.54, 1.807) is 18.2 Å². The number of cyclic esters (lactones) is 1. The third-order valence-electron chi connectivity index (χ3n) is 6.01. The van der Waals surface area contributed by atoms with Crippen LogP contribution in [0.15, 0.2) is 82.9 Å². The van der Waals surface area contributed by atoms with Gasteiger partial charge in [0.05, 0.1) is 34.8 Å². The van der Waals surface area contributed by atoms with Gasteiger partial charge in [0.1, 0.15) is 11.9 Å². The summed E-state index contributed by atoms with van der Waals surface area (Å²) in [5.41, 5.74) is 0.272. The van der Waals surface area contributed by atoms with Crippen LogP contribution in [0.3, 0.4) is 0 Å². The third kappa shape index (κ3) is 4.38. The summed E-state index contributed by atoms with van der Waals surface area (Å²) in [6, 6.07) is 16.6. The summed E-state index contributed by atoms with van der Waals surface area (Å²) in [5.74, 6) is -1.96. The van der Waals surface area contributed by atoms with Gasteiger partial charge in [0, 0.05) is 5.56 Å². The predicted octanol–water partition coefficient (Wildman–Crippen LogP) is 4.19. The number of rotatable bonds is 6. The number of imide groups is 1. The van der Waals surface area contributed by atoms with Crippen LogP contribution in [0.5, 0.6) is 0 Å². The van der Waals surface area contributed by atoms with E-state index < -0.39 is 44.8 Å². The SMILES string of the molecule is O=C1c2ccccc2C(=O)N1C[C@H]1CN(c2ccc(/C=C(\F)S(=O)(=O)c3ccccc3)c(F)c2)C(=O)O1. The molecule has 0 aliphatic carbocycles. The number of anilines is 1. The summed E-state index contributed by atoms with van der Waals surface area (Å²) in [4.78, 5) is 39.4. The van der Waals surface area contributed by atoms with E-state index in [0.717, 1.165) is 21.9 Å². The van der Waals surface area contributed by atoms with Gasteiger partial charge in [-0.2, -0.15) is 4.39 Å². The van der Waals surface area contributed by atoms with Gasteiger partial charge in [-0.05, 0) is 48.5 Å². The van der Waals surface area contributed by atoms with Crippen molar-refractivity contribution >= 4 is 39.5 Å². The molecule has 3 aromatic carbocycles. The molecule has 0 unspecified atom stereocenters. The van der Waals surface area contributed by atoms with Crippen molar-refractivity contribution in [2.45, 2.75) is 11.0 Å². The second kappa shape index (κ2) is 9.25. The summed E-state index contributed by atoms with van der Waals surface area (Å²) in [7, 11) is -4.45. The normalized spacial score (nSPS) is 17.8. The highest BCUT2D eigenvalue weighted by molar-refractivity contribution is 7.95. The number of nitrogens with zero attached hydrogens (tertiary/aromatic N) is 2. The highest BCUT2D eigenvalue weighted by atomic mass is 32.2. The summed E-state index contributed by atoms with van der Waals surface area (Å²) in [5, 5.41) is -1.54. The van der Waals surface area contributed by atoms with Gasteiger partial charge in [0.15, 0.2) is 0 Å². The lowest BCUT2D eigenvalue weighted by Gasteiger charge is -2.17. The molecular weight excluding hydrogens is 506 g/mol. The molecule has 0 aromatic heterocycles. The maximum Gasteiger partial charge on any atom is 0.414 e. The minimum Gasteiger partial charge on any atom is -0.442 e. The maximum atomic E-state index is 14.8. The minimum absolute atomic E-state index is 0.0718. The topological polar surface area (TPSA) is 101 Å². The molecular formula is C26H18F2N2O6S. The molecule has 0 bridgehead atoms. The Bertz CT molecular complexity index is 1540. The van der Waals surface area contributed by atoms with E-state index in [1.807, 2.05) is 0 Å². The zero-order chi connectivity index (χ0) is 26.3. The Kier molecular flexibility index (Phi) is 6.08. The van der Waals surface area contributed by atoms with Gasteiger partial charge in [-0.15, -0.1) is 0 Å². The standard InChI is InChI=1S/C26H18F2N2O6S/c27-22-13-17(11-10-16(22)12-23(28)37(34,35)19-6-2-1-3-7-19)29-14-18(36-26(29)33)15-30-24(31)20-8-4-5-9-21(20)25(30)32/h1-13,18H,14-15H2/b23-12+/t18-/m1/s1. The van der Waals surface area contributed by atoms with E-state index in [4.69, 9.17) is 4.74 Å². The van der Waals surface area contributed by atoms with Crippen LogP contribution >= 0.6 is 0 Å². The van der Waals surface area contributed by atoms with Gasteiger partial charge in [-0.25, -0.2) is 17.6 Å². The molecule has 1 atom stereocenters. The summed E-state index contributed by atoms with van der Waals surface area (Å²) in [6.45, 7) is -0.252. The van der Waals surface area contributed by atoms with Crippen molar-refractivity contribution in [2.75, 3.05) is 18.0 Å². The van der Waals surface area contributed by atoms with E-state index in [1.165, 1.54) is 42.5 Å². The molecule has 0 saturated carbocycles. The molecule has 0 N–H and O–H groups in total. The quantitative estimate of drug-likeness (QED) is 0.449. The first-order chi connectivity index (χ1) is 17.7. The van der Waals surface area contributed by atoms with Crippen LogP contribution in [0.25, 0.3) is 6.08 Å². The number of hydrogen-bond donors (Lipinski definition) is 0. The van der Waals surface area contributed by atoms with Crippen molar-refractivity contribution in [3.63, 3.8) is 0 Å². The lowest BCUT2D eigenvalue weighted by atomic mass is 10.1. The summed E-state index contributed by atoms with van der Waals surface area (Å²) in [6.07, 6.45) is -1.11. The molecule has 188 valence electrons. The molecule has 37 heavy (non-hydrogen) atoms. The van der Waals surface area contributed by atoms with Crippen LogP contribution in [0.4, 0.5) is 19.3 Å². The highest BCUT2D eigenvalue weighted by Gasteiger charge is 2.40. The molecule has 2 aliphatic heterocycles. The molecule has 3 aromatic rings. The number of carbonyl (C=O) groups is 3. The van der Waals surface area contributed by atoms with Crippen LogP contribution in [-0.4, -0.2) is 50.4 Å². The molecule has 2 heterocycles. The number of ether oxygens (including phenoxy) is 1. The zero-order valence-corrected chi connectivity index (χ0v) is 19.8. The Labute approximate surface area is 210 Å². The minimum atomic E-state index is -4.45. The predicted molar refractivity (Wildman–Crippen MR) is 129 cm³/mol. The van der Waals surface area contributed by atoms with Crippen molar-refractivity contribution in [2.24, 2.45) is 0 Å². The van der Waals surface area contributed by atoms with E-state index in [-0.39, 0.29) is 40.4 Å². The lowest BCUT2D eigenvalue weighted by Crippen LogP contribution is -2.38. The molecule has 1 fully saturated rings. The molecule has 5 rings (SSSR count). The third-order valence-corrected chi connectivity index (χ3v) is 7.54. The van der Waals surface area contributed by atoms with Gasteiger partial charge in [-0.1, -0.05) is 30.3 Å². The number of benzene rings is 3. The monoisotopic (exact) mass is 524 g/mol. The molecule has 11 heteroatoms. The average Bonchev–Trinajstić information content (AvgIpc) is 3.38. The molecule has 1 saturated heterocycles. The van der Waals surface area contributed by atoms with Gasteiger partial charge in [0.2, 0.25) is 15.0 Å². The van der Waals surface area contributed by atoms with Crippen molar-refractivity contribution in [1.29, 1.82) is 0 Å². The summed E-state index contributed by atoms with van der Waals surface area (Å²) >= 11 is 0. The first kappa shape index (κ1) is 24.3. The summed E-state index contributed by atoms with van der Waals surface area (Å²) < 4.78 is 59.4. The van der Waals surface area contributed by atoms with Crippen molar-refractivity contribution in [3.05, 3.63) is 100 Å². The van der Waals surface area contributed by atoms with Gasteiger partial charge < -0.3 is 4.74 Å². The average molecular weight is 525 g/mol. The van der Waals surface area contributed by atoms with Gasteiger partial charge in [-0.3, -0.25) is 19.4 Å². The number of sulfone groups is 1. The number of amides is 3. The van der Waals surface area contributed by atoms with Crippen LogP contribution in [0.1, 0.15) is 26.3 Å². The maximum absolute atomic E-state index is 14.8. The van der Waals surface area contributed by atoms with Crippen LogP contribution < -0.4 is 4.90 Å². The fourth-order valence-electron chi connectivity index (χ4n) is 4.15. The molecule has 0 radical (unpaired) electrons. The van der Waals surface area contributed by atoms with Crippen molar-refractivity contribution in [3.8, 4) is 0 Å². The second-order valence-corrected chi connectivity index (χ2v) is 10.2. The number of halogens is 2. The number of fused-ring (bicyclic) bond motifs is 1. The van der Waals surface area contributed by atoms with Crippen molar-refractivity contribution in [1.82, 2.24) is 4.90 Å². The lowest BCUT2D eigenvalue weighted by molar-refractivity contribution is 0.0558. The van der Waals surface area contributed by atoms with Crippen LogP contribution in [0, 0.1) is 5.82 Å². The Morgan fingerprint density at radius 2 is 1.57 bits per heavy atom. The molecule has 2 aliphatic rings. The van der Waals surface area contributed by atoms with E-state index in [2.05, 4.69) is 0 Å². The molecule has 8 nitrogen and oxygen atoms in total. The van der Waals surface area contributed by atoms with E-state index in [9.17, 15) is 31.6 Å².